The van der Waals surface area contributed by atoms with E-state index in [4.69, 9.17) is 11.6 Å². The number of rotatable bonds is 2. The Labute approximate surface area is 167 Å². The molecule has 3 saturated heterocycles. The normalized spacial score (nSPS) is 27.5. The van der Waals surface area contributed by atoms with Crippen LogP contribution in [0.1, 0.15) is 23.6 Å². The molecule has 7 heteroatoms. The number of benzene rings is 2. The van der Waals surface area contributed by atoms with Crippen LogP contribution in [0.3, 0.4) is 0 Å². The van der Waals surface area contributed by atoms with Crippen molar-refractivity contribution in [2.45, 2.75) is 25.4 Å². The molecular formula is C21H19ClFN3O2. The highest BCUT2D eigenvalue weighted by atomic mass is 35.5. The molecule has 5 rings (SSSR count). The molecule has 2 amide bonds. The van der Waals surface area contributed by atoms with Crippen LogP contribution in [0.4, 0.5) is 10.1 Å². The lowest BCUT2D eigenvalue weighted by atomic mass is 9.90. The Morgan fingerprint density at radius 1 is 0.964 bits per heavy atom. The quantitative estimate of drug-likeness (QED) is 0.727. The van der Waals surface area contributed by atoms with Gasteiger partial charge in [0.1, 0.15) is 11.9 Å². The Kier molecular flexibility index (Phi) is 4.05. The van der Waals surface area contributed by atoms with Gasteiger partial charge >= 0.3 is 0 Å². The first-order valence-corrected chi connectivity index (χ1v) is 9.78. The molecule has 3 aliphatic heterocycles. The first kappa shape index (κ1) is 17.8. The largest absolute Gasteiger partial charge is 0.274 e. The van der Waals surface area contributed by atoms with Gasteiger partial charge in [-0.15, -0.1) is 0 Å². The van der Waals surface area contributed by atoms with Gasteiger partial charge in [-0.1, -0.05) is 29.8 Å². The number of amides is 2. The van der Waals surface area contributed by atoms with E-state index in [0.717, 1.165) is 30.6 Å². The summed E-state index contributed by atoms with van der Waals surface area (Å²) in [6.07, 6.45) is 0.929. The van der Waals surface area contributed by atoms with E-state index in [1.54, 1.807) is 24.3 Å². The molecule has 0 saturated carbocycles. The van der Waals surface area contributed by atoms with E-state index < -0.39 is 12.0 Å². The number of hydrogen-bond acceptors (Lipinski definition) is 4. The summed E-state index contributed by atoms with van der Waals surface area (Å²) >= 11 is 6.23. The molecule has 2 aromatic rings. The van der Waals surface area contributed by atoms with E-state index in [1.165, 1.54) is 17.0 Å². The maximum absolute atomic E-state index is 13.4. The molecular weight excluding hydrogens is 381 g/mol. The molecule has 0 spiro atoms. The van der Waals surface area contributed by atoms with Gasteiger partial charge in [0.05, 0.1) is 17.6 Å². The Morgan fingerprint density at radius 3 is 2.32 bits per heavy atom. The van der Waals surface area contributed by atoms with E-state index in [-0.39, 0.29) is 23.7 Å². The van der Waals surface area contributed by atoms with Crippen molar-refractivity contribution < 1.29 is 14.0 Å². The van der Waals surface area contributed by atoms with Gasteiger partial charge in [0, 0.05) is 18.1 Å². The second kappa shape index (κ2) is 6.37. The summed E-state index contributed by atoms with van der Waals surface area (Å²) in [6, 6.07) is 10.7. The number of anilines is 1. The molecule has 3 fully saturated rings. The van der Waals surface area contributed by atoms with Crippen LogP contribution >= 0.6 is 11.6 Å². The van der Waals surface area contributed by atoms with Gasteiger partial charge in [0.15, 0.2) is 0 Å². The second-order valence-electron chi connectivity index (χ2n) is 7.59. The van der Waals surface area contributed by atoms with Crippen molar-refractivity contribution in [2.75, 3.05) is 18.0 Å². The molecule has 0 radical (unpaired) electrons. The molecule has 28 heavy (non-hydrogen) atoms. The highest BCUT2D eigenvalue weighted by Crippen LogP contribution is 2.49. The minimum absolute atomic E-state index is 0.216. The Hall–Kier alpha value is -2.28. The monoisotopic (exact) mass is 399 g/mol. The van der Waals surface area contributed by atoms with Gasteiger partial charge in [-0.05, 0) is 48.7 Å². The summed E-state index contributed by atoms with van der Waals surface area (Å²) in [6.45, 7) is 3.40. The van der Waals surface area contributed by atoms with E-state index >= 15 is 0 Å². The van der Waals surface area contributed by atoms with Gasteiger partial charge in [-0.3, -0.25) is 9.59 Å². The minimum Gasteiger partial charge on any atom is -0.274 e. The van der Waals surface area contributed by atoms with Crippen LogP contribution in [0.25, 0.3) is 0 Å². The molecule has 2 aromatic carbocycles. The number of aryl methyl sites for hydroxylation is 1. The van der Waals surface area contributed by atoms with Crippen LogP contribution in [0.2, 0.25) is 5.02 Å². The van der Waals surface area contributed by atoms with Crippen LogP contribution in [-0.4, -0.2) is 41.0 Å². The predicted octanol–water partition coefficient (Wildman–Crippen LogP) is 3.32. The van der Waals surface area contributed by atoms with Crippen LogP contribution in [0.5, 0.6) is 0 Å². The third-order valence-corrected chi connectivity index (χ3v) is 6.44. The molecule has 0 aromatic heterocycles. The second-order valence-corrected chi connectivity index (χ2v) is 8.00. The Morgan fingerprint density at radius 2 is 1.64 bits per heavy atom. The number of fused-ring (bicyclic) bond motifs is 3. The maximum Gasteiger partial charge on any atom is 0.253 e. The van der Waals surface area contributed by atoms with Crippen molar-refractivity contribution in [3.8, 4) is 0 Å². The number of hydrogen-bond donors (Lipinski definition) is 0. The zero-order valence-electron chi connectivity index (χ0n) is 15.3. The topological polar surface area (TPSA) is 43.9 Å². The van der Waals surface area contributed by atoms with E-state index in [9.17, 15) is 14.0 Å². The lowest BCUT2D eigenvalue weighted by Crippen LogP contribution is -2.44. The molecule has 0 unspecified atom stereocenters. The Bertz CT molecular complexity index is 980. The zero-order chi connectivity index (χ0) is 19.6. The number of nitrogens with zero attached hydrogens (tertiary/aromatic N) is 3. The number of hydrazine groups is 1. The van der Waals surface area contributed by atoms with Crippen molar-refractivity contribution in [1.82, 2.24) is 10.0 Å². The van der Waals surface area contributed by atoms with E-state index in [2.05, 4.69) is 5.01 Å². The average Bonchev–Trinajstić information content (AvgIpc) is 3.31. The van der Waals surface area contributed by atoms with Crippen molar-refractivity contribution in [1.29, 1.82) is 0 Å². The number of carbonyl (C=O) groups is 2. The summed E-state index contributed by atoms with van der Waals surface area (Å²) in [5.41, 5.74) is 2.24. The third-order valence-electron chi connectivity index (χ3n) is 6.03. The first-order chi connectivity index (χ1) is 13.5. The summed E-state index contributed by atoms with van der Waals surface area (Å²) in [5, 5.41) is 4.65. The highest BCUT2D eigenvalue weighted by molar-refractivity contribution is 6.32. The van der Waals surface area contributed by atoms with Crippen molar-refractivity contribution in [3.63, 3.8) is 0 Å². The van der Waals surface area contributed by atoms with Gasteiger partial charge in [-0.2, -0.15) is 0 Å². The standard InChI is InChI=1S/C21H19ClFN3O2/c1-12-3-8-15(11-16(12)22)26-20(27)17-18(13-4-6-14(23)7-5-13)24-9-2-10-25(24)19(17)21(26)28/h3-8,11,17-19H,2,9-10H2,1H3/t17-,18+,19+/m0/s1. The average molecular weight is 400 g/mol. The summed E-state index contributed by atoms with van der Waals surface area (Å²) in [7, 11) is 0. The summed E-state index contributed by atoms with van der Waals surface area (Å²) in [4.78, 5) is 28.0. The molecule has 3 heterocycles. The van der Waals surface area contributed by atoms with Crippen LogP contribution in [-0.2, 0) is 9.59 Å². The fourth-order valence-corrected chi connectivity index (χ4v) is 4.92. The molecule has 0 aliphatic carbocycles. The minimum atomic E-state index is -0.523. The molecule has 0 N–H and O–H groups in total. The maximum atomic E-state index is 13.4. The zero-order valence-corrected chi connectivity index (χ0v) is 16.1. The van der Waals surface area contributed by atoms with Gasteiger partial charge in [-0.25, -0.2) is 19.3 Å². The van der Waals surface area contributed by atoms with E-state index in [1.807, 2.05) is 18.0 Å². The molecule has 3 atom stereocenters. The molecule has 3 aliphatic rings. The van der Waals surface area contributed by atoms with Crippen LogP contribution in [0, 0.1) is 18.7 Å². The van der Waals surface area contributed by atoms with Crippen molar-refractivity contribution in [2.24, 2.45) is 5.92 Å². The molecule has 144 valence electrons. The van der Waals surface area contributed by atoms with Gasteiger partial charge in [0.2, 0.25) is 5.91 Å². The SMILES string of the molecule is Cc1ccc(N2C(=O)[C@H]3[C@@H](c4ccc(F)cc4)N4CCCN4[C@H]3C2=O)cc1Cl. The van der Waals surface area contributed by atoms with Crippen molar-refractivity contribution in [3.05, 3.63) is 64.4 Å². The summed E-state index contributed by atoms with van der Waals surface area (Å²) in [5.74, 6) is -1.27. The number of halogens is 2. The van der Waals surface area contributed by atoms with Crippen LogP contribution in [0.15, 0.2) is 42.5 Å². The number of carbonyl (C=O) groups excluding carboxylic acids is 2. The third kappa shape index (κ3) is 2.45. The van der Waals surface area contributed by atoms with Gasteiger partial charge < -0.3 is 0 Å². The number of imide groups is 1. The first-order valence-electron chi connectivity index (χ1n) is 9.40. The van der Waals surface area contributed by atoms with Crippen LogP contribution < -0.4 is 4.90 Å². The predicted molar refractivity (Wildman–Crippen MR) is 103 cm³/mol. The smallest absolute Gasteiger partial charge is 0.253 e. The van der Waals surface area contributed by atoms with Crippen molar-refractivity contribution >= 4 is 29.1 Å². The fraction of sp³-hybridized carbons (Fsp3) is 0.333. The van der Waals surface area contributed by atoms with E-state index in [0.29, 0.717) is 10.7 Å². The molecule has 0 bridgehead atoms. The fourth-order valence-electron chi connectivity index (χ4n) is 4.75. The summed E-state index contributed by atoms with van der Waals surface area (Å²) < 4.78 is 13.4. The molecule has 5 nitrogen and oxygen atoms in total. The van der Waals surface area contributed by atoms with Gasteiger partial charge in [0.25, 0.3) is 5.91 Å². The highest BCUT2D eigenvalue weighted by Gasteiger charge is 2.62. The Balaban J connectivity index is 1.58. The lowest BCUT2D eigenvalue weighted by Gasteiger charge is -2.29. The lowest BCUT2D eigenvalue weighted by molar-refractivity contribution is -0.126.